The van der Waals surface area contributed by atoms with Crippen LogP contribution in [-0.2, 0) is 21.7 Å². The number of rotatable bonds is 9. The van der Waals surface area contributed by atoms with E-state index in [1.54, 1.807) is 19.2 Å². The Labute approximate surface area is 197 Å². The zero-order valence-corrected chi connectivity index (χ0v) is 19.8. The fraction of sp³-hybridized carbons (Fsp3) is 0.464. The highest BCUT2D eigenvalue weighted by Crippen LogP contribution is 2.40. The van der Waals surface area contributed by atoms with Crippen LogP contribution >= 0.6 is 0 Å². The van der Waals surface area contributed by atoms with Crippen LogP contribution in [0, 0.1) is 17.8 Å². The molecule has 1 aliphatic carbocycles. The largest absolute Gasteiger partial charge is 0.497 e. The van der Waals surface area contributed by atoms with Gasteiger partial charge in [-0.25, -0.2) is 4.79 Å². The first kappa shape index (κ1) is 24.8. The van der Waals surface area contributed by atoms with Crippen molar-refractivity contribution in [2.24, 2.45) is 5.92 Å². The summed E-state index contributed by atoms with van der Waals surface area (Å²) in [5.41, 5.74) is 0.172. The predicted octanol–water partition coefficient (Wildman–Crippen LogP) is 4.53. The lowest BCUT2D eigenvalue weighted by Gasteiger charge is -2.36. The molecular formula is C28H35NO4. The molecule has 1 N–H and O–H groups in total. The number of hydrogen-bond donors (Lipinski definition) is 1. The molecule has 0 heterocycles. The summed E-state index contributed by atoms with van der Waals surface area (Å²) in [4.78, 5) is 15.3. The monoisotopic (exact) mass is 449 g/mol. The molecule has 0 amide bonds. The molecule has 1 aliphatic rings. The molecule has 0 aliphatic heterocycles. The van der Waals surface area contributed by atoms with Crippen LogP contribution in [0.5, 0.6) is 5.75 Å². The van der Waals surface area contributed by atoms with Gasteiger partial charge in [0.25, 0.3) is 0 Å². The number of benzene rings is 2. The van der Waals surface area contributed by atoms with Crippen molar-refractivity contribution in [1.29, 1.82) is 0 Å². The minimum atomic E-state index is -1.62. The highest BCUT2D eigenvalue weighted by Gasteiger charge is 2.47. The van der Waals surface area contributed by atoms with Gasteiger partial charge in [0, 0.05) is 12.5 Å². The first-order valence-corrected chi connectivity index (χ1v) is 11.8. The van der Waals surface area contributed by atoms with Crippen molar-refractivity contribution in [2.75, 3.05) is 26.8 Å². The van der Waals surface area contributed by atoms with E-state index < -0.39 is 11.6 Å². The molecule has 0 bridgehead atoms. The van der Waals surface area contributed by atoms with Crippen molar-refractivity contribution in [2.45, 2.75) is 51.2 Å². The maximum Gasteiger partial charge on any atom is 0.344 e. The number of aliphatic hydroxyl groups is 1. The summed E-state index contributed by atoms with van der Waals surface area (Å²) >= 11 is 0. The standard InChI is InChI=1S/C28H35NO4/c1-3-29(22-23-16-18-26(32-2)19-17-23)20-10-11-21-33-27(30)28(31,24-12-6-4-7-13-24)25-14-8-5-9-15-25/h4,6-7,12-13,16-19,25,31H,3,5,8-9,14-15,20-22H2,1-2H3. The highest BCUT2D eigenvalue weighted by atomic mass is 16.5. The molecule has 1 unspecified atom stereocenters. The summed E-state index contributed by atoms with van der Waals surface area (Å²) in [6.07, 6.45) is 4.83. The number of ether oxygens (including phenoxy) is 2. The van der Waals surface area contributed by atoms with E-state index in [-0.39, 0.29) is 12.5 Å². The second kappa shape index (κ2) is 12.4. The van der Waals surface area contributed by atoms with Crippen LogP contribution in [0.1, 0.15) is 50.2 Å². The fourth-order valence-corrected chi connectivity index (χ4v) is 4.43. The van der Waals surface area contributed by atoms with E-state index in [9.17, 15) is 9.90 Å². The first-order chi connectivity index (χ1) is 16.1. The van der Waals surface area contributed by atoms with Gasteiger partial charge in [-0.05, 0) is 42.6 Å². The summed E-state index contributed by atoms with van der Waals surface area (Å²) in [7, 11) is 1.66. The van der Waals surface area contributed by atoms with Gasteiger partial charge >= 0.3 is 5.97 Å². The van der Waals surface area contributed by atoms with Crippen LogP contribution in [0.2, 0.25) is 0 Å². The third-order valence-electron chi connectivity index (χ3n) is 6.44. The lowest BCUT2D eigenvalue weighted by Crippen LogP contribution is -2.45. The van der Waals surface area contributed by atoms with Crippen molar-refractivity contribution in [1.82, 2.24) is 4.90 Å². The minimum absolute atomic E-state index is 0.0270. The Hall–Kier alpha value is -2.81. The maximum atomic E-state index is 13.1. The third kappa shape index (κ3) is 6.60. The molecule has 0 aromatic heterocycles. The van der Waals surface area contributed by atoms with E-state index in [0.717, 1.165) is 50.9 Å². The van der Waals surface area contributed by atoms with Gasteiger partial charge in [0.2, 0.25) is 0 Å². The third-order valence-corrected chi connectivity index (χ3v) is 6.44. The van der Waals surface area contributed by atoms with Crippen LogP contribution in [0.3, 0.4) is 0 Å². The Morgan fingerprint density at radius 1 is 1.06 bits per heavy atom. The number of carbonyl (C=O) groups is 1. The van der Waals surface area contributed by atoms with Crippen LogP contribution in [0.4, 0.5) is 0 Å². The highest BCUT2D eigenvalue weighted by molar-refractivity contribution is 5.81. The Morgan fingerprint density at radius 3 is 2.39 bits per heavy atom. The van der Waals surface area contributed by atoms with E-state index in [1.165, 1.54) is 5.56 Å². The zero-order valence-electron chi connectivity index (χ0n) is 19.8. The molecule has 176 valence electrons. The minimum Gasteiger partial charge on any atom is -0.497 e. The van der Waals surface area contributed by atoms with Crippen LogP contribution < -0.4 is 4.74 Å². The van der Waals surface area contributed by atoms with Gasteiger partial charge in [-0.2, -0.15) is 0 Å². The second-order valence-electron chi connectivity index (χ2n) is 8.55. The van der Waals surface area contributed by atoms with Crippen molar-refractivity contribution >= 4 is 5.97 Å². The van der Waals surface area contributed by atoms with Crippen LogP contribution in [-0.4, -0.2) is 42.8 Å². The van der Waals surface area contributed by atoms with Crippen molar-refractivity contribution in [3.05, 3.63) is 65.7 Å². The van der Waals surface area contributed by atoms with Gasteiger partial charge in [-0.15, -0.1) is 0 Å². The smallest absolute Gasteiger partial charge is 0.344 e. The quantitative estimate of drug-likeness (QED) is 0.450. The molecular weight excluding hydrogens is 414 g/mol. The van der Waals surface area contributed by atoms with Gasteiger partial charge < -0.3 is 14.6 Å². The molecule has 2 aromatic rings. The van der Waals surface area contributed by atoms with Gasteiger partial charge in [0.1, 0.15) is 5.75 Å². The SMILES string of the molecule is CCN(CC#CCOC(=O)C(O)(c1ccccc1)C1CCCCC1)Cc1ccc(OC)cc1. The number of methoxy groups -OCH3 is 1. The van der Waals surface area contributed by atoms with Crippen LogP contribution in [0.25, 0.3) is 0 Å². The molecule has 5 heteroatoms. The number of hydrogen-bond acceptors (Lipinski definition) is 5. The number of esters is 1. The summed E-state index contributed by atoms with van der Waals surface area (Å²) < 4.78 is 10.7. The Bertz CT molecular complexity index is 926. The topological polar surface area (TPSA) is 59.0 Å². The van der Waals surface area contributed by atoms with Crippen molar-refractivity contribution < 1.29 is 19.4 Å². The molecule has 1 saturated carbocycles. The van der Waals surface area contributed by atoms with Crippen LogP contribution in [0.15, 0.2) is 54.6 Å². The molecule has 1 fully saturated rings. The lowest BCUT2D eigenvalue weighted by molar-refractivity contribution is -0.174. The van der Waals surface area contributed by atoms with E-state index in [4.69, 9.17) is 9.47 Å². The Morgan fingerprint density at radius 2 is 1.76 bits per heavy atom. The van der Waals surface area contributed by atoms with E-state index in [1.807, 2.05) is 42.5 Å². The predicted molar refractivity (Wildman–Crippen MR) is 130 cm³/mol. The van der Waals surface area contributed by atoms with E-state index in [0.29, 0.717) is 12.1 Å². The summed E-state index contributed by atoms with van der Waals surface area (Å²) in [5.74, 6) is 6.16. The van der Waals surface area contributed by atoms with Gasteiger partial charge in [-0.3, -0.25) is 4.90 Å². The molecule has 0 saturated heterocycles. The van der Waals surface area contributed by atoms with Gasteiger partial charge in [-0.1, -0.05) is 80.5 Å². The molecule has 0 radical (unpaired) electrons. The van der Waals surface area contributed by atoms with Crippen molar-refractivity contribution in [3.8, 4) is 17.6 Å². The van der Waals surface area contributed by atoms with Gasteiger partial charge in [0.15, 0.2) is 12.2 Å². The average Bonchev–Trinajstić information content (AvgIpc) is 2.88. The maximum absolute atomic E-state index is 13.1. The number of carbonyl (C=O) groups excluding carboxylic acids is 1. The average molecular weight is 450 g/mol. The number of nitrogens with zero attached hydrogens (tertiary/aromatic N) is 1. The molecule has 1 atom stereocenters. The van der Waals surface area contributed by atoms with Crippen molar-refractivity contribution in [3.63, 3.8) is 0 Å². The summed E-state index contributed by atoms with van der Waals surface area (Å²) in [6, 6.07) is 17.2. The van der Waals surface area contributed by atoms with E-state index in [2.05, 4.69) is 23.7 Å². The zero-order chi connectivity index (χ0) is 23.5. The Balaban J connectivity index is 1.57. The molecule has 3 rings (SSSR count). The fourth-order valence-electron chi connectivity index (χ4n) is 4.43. The second-order valence-corrected chi connectivity index (χ2v) is 8.55. The Kier molecular flexibility index (Phi) is 9.35. The first-order valence-electron chi connectivity index (χ1n) is 11.8. The van der Waals surface area contributed by atoms with Gasteiger partial charge in [0.05, 0.1) is 13.7 Å². The summed E-state index contributed by atoms with van der Waals surface area (Å²) in [6.45, 7) is 4.28. The molecule has 2 aromatic carbocycles. The summed E-state index contributed by atoms with van der Waals surface area (Å²) in [5, 5.41) is 11.5. The normalized spacial score (nSPS) is 15.9. The molecule has 5 nitrogen and oxygen atoms in total. The molecule has 0 spiro atoms. The molecule has 33 heavy (non-hydrogen) atoms. The van der Waals surface area contributed by atoms with E-state index >= 15 is 0 Å². The lowest BCUT2D eigenvalue weighted by atomic mass is 9.73.